The van der Waals surface area contributed by atoms with Gasteiger partial charge in [0.05, 0.1) is 14.6 Å². The van der Waals surface area contributed by atoms with Gasteiger partial charge in [0, 0.05) is 6.26 Å². The minimum absolute atomic E-state index is 0.0741. The van der Waals surface area contributed by atoms with Gasteiger partial charge in [0.1, 0.15) is 5.75 Å². The average Bonchev–Trinajstić information content (AvgIpc) is 1.86. The first-order valence-corrected chi connectivity index (χ1v) is 5.00. The van der Waals surface area contributed by atoms with Crippen LogP contribution in [0.2, 0.25) is 0 Å². The lowest BCUT2D eigenvalue weighted by atomic mass is 10.3. The van der Waals surface area contributed by atoms with Gasteiger partial charge in [0.15, 0.2) is 0 Å². The Morgan fingerprint density at radius 2 is 2.00 bits per heavy atom. The van der Waals surface area contributed by atoms with Crippen molar-refractivity contribution in [2.75, 3.05) is 6.26 Å². The molecule has 11 heavy (non-hydrogen) atoms. The molecule has 4 heteroatoms. The molecule has 0 saturated heterocycles. The Labute approximate surface area is 65.7 Å². The SMILES string of the molecule is C[S@](=N)(=O)c1ccccc1O. The molecule has 0 aliphatic heterocycles. The molecule has 0 fully saturated rings. The number of para-hydroxylation sites is 1. The molecule has 0 aliphatic carbocycles. The van der Waals surface area contributed by atoms with Gasteiger partial charge in [-0.2, -0.15) is 0 Å². The summed E-state index contributed by atoms with van der Waals surface area (Å²) >= 11 is 0. The van der Waals surface area contributed by atoms with Gasteiger partial charge in [-0.15, -0.1) is 0 Å². The molecule has 1 aromatic carbocycles. The minimum atomic E-state index is -2.78. The Morgan fingerprint density at radius 1 is 1.45 bits per heavy atom. The number of hydrogen-bond donors (Lipinski definition) is 2. The van der Waals surface area contributed by atoms with Gasteiger partial charge in [-0.05, 0) is 12.1 Å². The summed E-state index contributed by atoms with van der Waals surface area (Å²) in [7, 11) is -2.78. The summed E-state index contributed by atoms with van der Waals surface area (Å²) in [6.45, 7) is 0. The van der Waals surface area contributed by atoms with E-state index in [0.29, 0.717) is 0 Å². The zero-order valence-electron chi connectivity index (χ0n) is 6.07. The second-order valence-corrected chi connectivity index (χ2v) is 4.44. The number of aromatic hydroxyl groups is 1. The summed E-state index contributed by atoms with van der Waals surface area (Å²) in [6.07, 6.45) is 1.28. The Balaban J connectivity index is 3.37. The van der Waals surface area contributed by atoms with E-state index in [1.165, 1.54) is 18.4 Å². The molecule has 0 unspecified atom stereocenters. The third-order valence-electron chi connectivity index (χ3n) is 1.28. The maximum absolute atomic E-state index is 11.1. The number of rotatable bonds is 1. The predicted octanol–water partition coefficient (Wildman–Crippen LogP) is 1.43. The predicted molar refractivity (Wildman–Crippen MR) is 43.2 cm³/mol. The smallest absolute Gasteiger partial charge is 0.132 e. The second kappa shape index (κ2) is 2.54. The van der Waals surface area contributed by atoms with E-state index >= 15 is 0 Å². The fraction of sp³-hybridized carbons (Fsp3) is 0.143. The van der Waals surface area contributed by atoms with Crippen LogP contribution in [0.1, 0.15) is 0 Å². The summed E-state index contributed by atoms with van der Waals surface area (Å²) in [6, 6.07) is 6.19. The van der Waals surface area contributed by atoms with Crippen molar-refractivity contribution in [3.8, 4) is 5.75 Å². The lowest BCUT2D eigenvalue weighted by Gasteiger charge is -2.01. The van der Waals surface area contributed by atoms with Crippen molar-refractivity contribution in [2.24, 2.45) is 0 Å². The zero-order chi connectivity index (χ0) is 8.48. The molecule has 0 amide bonds. The number of phenols is 1. The van der Waals surface area contributed by atoms with Gasteiger partial charge in [-0.1, -0.05) is 12.1 Å². The quantitative estimate of drug-likeness (QED) is 0.671. The van der Waals surface area contributed by atoms with E-state index in [1.807, 2.05) is 0 Å². The largest absolute Gasteiger partial charge is 0.507 e. The van der Waals surface area contributed by atoms with E-state index in [0.717, 1.165) is 0 Å². The van der Waals surface area contributed by atoms with E-state index in [-0.39, 0.29) is 10.6 Å². The van der Waals surface area contributed by atoms with Crippen LogP contribution in [-0.2, 0) is 9.73 Å². The topological polar surface area (TPSA) is 61.2 Å². The molecule has 0 bridgehead atoms. The van der Waals surface area contributed by atoms with Gasteiger partial charge in [-0.3, -0.25) is 0 Å². The van der Waals surface area contributed by atoms with Crippen LogP contribution in [0.25, 0.3) is 0 Å². The van der Waals surface area contributed by atoms with E-state index in [2.05, 4.69) is 0 Å². The maximum atomic E-state index is 11.1. The van der Waals surface area contributed by atoms with Crippen LogP contribution < -0.4 is 0 Å². The summed E-state index contributed by atoms with van der Waals surface area (Å²) in [5, 5.41) is 9.15. The van der Waals surface area contributed by atoms with Crippen molar-refractivity contribution in [3.63, 3.8) is 0 Å². The molecule has 0 heterocycles. The van der Waals surface area contributed by atoms with Crippen LogP contribution in [0.5, 0.6) is 5.75 Å². The molecule has 0 aliphatic rings. The molecule has 1 rings (SSSR count). The third-order valence-corrected chi connectivity index (χ3v) is 2.47. The molecule has 60 valence electrons. The highest BCUT2D eigenvalue weighted by atomic mass is 32.2. The van der Waals surface area contributed by atoms with Crippen molar-refractivity contribution >= 4 is 9.73 Å². The first-order valence-electron chi connectivity index (χ1n) is 3.03. The third kappa shape index (κ3) is 1.71. The lowest BCUT2D eigenvalue weighted by molar-refractivity contribution is 0.461. The number of hydrogen-bond acceptors (Lipinski definition) is 3. The van der Waals surface area contributed by atoms with Gasteiger partial charge in [-0.25, -0.2) is 8.99 Å². The molecule has 0 aromatic heterocycles. The van der Waals surface area contributed by atoms with Crippen molar-refractivity contribution in [1.82, 2.24) is 0 Å². The Hall–Kier alpha value is -1.03. The van der Waals surface area contributed by atoms with Crippen LogP contribution in [0.3, 0.4) is 0 Å². The average molecular weight is 171 g/mol. The summed E-state index contributed by atoms with van der Waals surface area (Å²) in [4.78, 5) is 0.194. The van der Waals surface area contributed by atoms with Crippen LogP contribution in [-0.4, -0.2) is 15.6 Å². The Kier molecular flexibility index (Phi) is 1.87. The molecule has 1 aromatic rings. The number of phenolic OH excluding ortho intramolecular Hbond substituents is 1. The second-order valence-electron chi connectivity index (χ2n) is 2.31. The molecule has 3 nitrogen and oxygen atoms in total. The molecule has 0 saturated carbocycles. The fourth-order valence-corrected chi connectivity index (χ4v) is 1.59. The summed E-state index contributed by atoms with van der Waals surface area (Å²) in [5.74, 6) is -0.0741. The van der Waals surface area contributed by atoms with E-state index in [1.54, 1.807) is 12.1 Å². The van der Waals surface area contributed by atoms with Crippen molar-refractivity contribution < 1.29 is 9.32 Å². The first kappa shape index (κ1) is 8.07. The van der Waals surface area contributed by atoms with Gasteiger partial charge >= 0.3 is 0 Å². The molecule has 0 radical (unpaired) electrons. The zero-order valence-corrected chi connectivity index (χ0v) is 6.89. The first-order chi connectivity index (χ1) is 5.02. The van der Waals surface area contributed by atoms with Crippen molar-refractivity contribution in [1.29, 1.82) is 4.78 Å². The van der Waals surface area contributed by atoms with Gasteiger partial charge in [0.2, 0.25) is 0 Å². The van der Waals surface area contributed by atoms with E-state index < -0.39 is 9.73 Å². The van der Waals surface area contributed by atoms with Gasteiger partial charge < -0.3 is 5.11 Å². The highest BCUT2D eigenvalue weighted by Gasteiger charge is 2.06. The molecule has 0 spiro atoms. The lowest BCUT2D eigenvalue weighted by Crippen LogP contribution is -1.94. The van der Waals surface area contributed by atoms with Crippen LogP contribution in [0, 0.1) is 4.78 Å². The fourth-order valence-electron chi connectivity index (χ4n) is 0.787. The maximum Gasteiger partial charge on any atom is 0.132 e. The number of nitrogens with one attached hydrogen (secondary N) is 1. The summed E-state index contributed by atoms with van der Waals surface area (Å²) < 4.78 is 18.3. The highest BCUT2D eigenvalue weighted by molar-refractivity contribution is 7.91. The standard InChI is InChI=1S/C7H9NO2S/c1-11(8,10)7-5-3-2-4-6(7)9/h2-5,8-9H,1H3/t11-/m0/s1. The van der Waals surface area contributed by atoms with Crippen molar-refractivity contribution in [2.45, 2.75) is 4.90 Å². The molecular weight excluding hydrogens is 162 g/mol. The Morgan fingerprint density at radius 3 is 2.36 bits per heavy atom. The van der Waals surface area contributed by atoms with Crippen molar-refractivity contribution in [3.05, 3.63) is 24.3 Å². The van der Waals surface area contributed by atoms with Crippen LogP contribution in [0.15, 0.2) is 29.2 Å². The Bertz CT molecular complexity index is 356. The van der Waals surface area contributed by atoms with E-state index in [9.17, 15) is 4.21 Å². The number of benzene rings is 1. The van der Waals surface area contributed by atoms with Crippen LogP contribution >= 0.6 is 0 Å². The summed E-state index contributed by atoms with van der Waals surface area (Å²) in [5.41, 5.74) is 0. The normalized spacial score (nSPS) is 15.7. The highest BCUT2D eigenvalue weighted by Crippen LogP contribution is 2.20. The van der Waals surface area contributed by atoms with Gasteiger partial charge in [0.25, 0.3) is 0 Å². The minimum Gasteiger partial charge on any atom is -0.507 e. The van der Waals surface area contributed by atoms with Crippen LogP contribution in [0.4, 0.5) is 0 Å². The molecule has 1 atom stereocenters. The molecule has 2 N–H and O–H groups in total. The molecular formula is C7H9NO2S. The van der Waals surface area contributed by atoms with E-state index in [4.69, 9.17) is 9.89 Å². The monoisotopic (exact) mass is 171 g/mol.